The van der Waals surface area contributed by atoms with Gasteiger partial charge in [0.2, 0.25) is 11.8 Å². The molecule has 4 rings (SSSR count). The minimum atomic E-state index is 0.535. The standard InChI is InChI=1S/C21H23N3O3/c1-25-18-10-11-19(26-2)16(12-18)13-24(17-8-9-17)14-20-22-23-21(27-20)15-6-4-3-5-7-15/h3-7,10-12,17H,8-9,13-14H2,1-2H3. The molecule has 0 atom stereocenters. The van der Waals surface area contributed by atoms with E-state index in [1.807, 2.05) is 48.5 Å². The smallest absolute Gasteiger partial charge is 0.247 e. The molecular formula is C21H23N3O3. The second-order valence-electron chi connectivity index (χ2n) is 6.68. The van der Waals surface area contributed by atoms with Crippen molar-refractivity contribution in [3.63, 3.8) is 0 Å². The summed E-state index contributed by atoms with van der Waals surface area (Å²) in [6.07, 6.45) is 2.37. The van der Waals surface area contributed by atoms with Gasteiger partial charge in [0.1, 0.15) is 11.5 Å². The highest BCUT2D eigenvalue weighted by molar-refractivity contribution is 5.51. The zero-order valence-electron chi connectivity index (χ0n) is 15.6. The summed E-state index contributed by atoms with van der Waals surface area (Å²) in [6, 6.07) is 16.2. The Morgan fingerprint density at radius 2 is 1.81 bits per heavy atom. The van der Waals surface area contributed by atoms with Crippen LogP contribution in [-0.4, -0.2) is 35.4 Å². The summed E-state index contributed by atoms with van der Waals surface area (Å²) in [5.74, 6) is 2.87. The van der Waals surface area contributed by atoms with E-state index in [-0.39, 0.29) is 0 Å². The van der Waals surface area contributed by atoms with E-state index in [1.54, 1.807) is 14.2 Å². The molecule has 1 aromatic heterocycles. The molecule has 1 saturated carbocycles. The van der Waals surface area contributed by atoms with Crippen LogP contribution in [0.1, 0.15) is 24.3 Å². The summed E-state index contributed by atoms with van der Waals surface area (Å²) < 4.78 is 16.8. The Morgan fingerprint density at radius 1 is 1.00 bits per heavy atom. The number of methoxy groups -OCH3 is 2. The molecule has 6 nitrogen and oxygen atoms in total. The quantitative estimate of drug-likeness (QED) is 0.603. The lowest BCUT2D eigenvalue weighted by Crippen LogP contribution is -2.25. The van der Waals surface area contributed by atoms with Crippen molar-refractivity contribution in [3.8, 4) is 23.0 Å². The predicted octanol–water partition coefficient (Wildman–Crippen LogP) is 3.92. The van der Waals surface area contributed by atoms with Crippen LogP contribution < -0.4 is 9.47 Å². The SMILES string of the molecule is COc1ccc(OC)c(CN(Cc2nnc(-c3ccccc3)o2)C2CC2)c1. The average Bonchev–Trinajstić information content (AvgIpc) is 3.47. The van der Waals surface area contributed by atoms with Gasteiger partial charge < -0.3 is 13.9 Å². The lowest BCUT2D eigenvalue weighted by atomic mass is 10.1. The van der Waals surface area contributed by atoms with Crippen LogP contribution in [0, 0.1) is 0 Å². The summed E-state index contributed by atoms with van der Waals surface area (Å²) >= 11 is 0. The molecule has 1 fully saturated rings. The molecule has 1 aliphatic rings. The molecule has 0 radical (unpaired) electrons. The molecule has 0 bridgehead atoms. The molecule has 3 aromatic rings. The molecule has 0 saturated heterocycles. The van der Waals surface area contributed by atoms with Gasteiger partial charge in [-0.15, -0.1) is 10.2 Å². The number of hydrogen-bond donors (Lipinski definition) is 0. The number of rotatable bonds is 8. The van der Waals surface area contributed by atoms with E-state index in [9.17, 15) is 0 Å². The van der Waals surface area contributed by atoms with Gasteiger partial charge in [-0.25, -0.2) is 0 Å². The lowest BCUT2D eigenvalue weighted by molar-refractivity contribution is 0.218. The van der Waals surface area contributed by atoms with Crippen molar-refractivity contribution in [1.82, 2.24) is 15.1 Å². The number of nitrogens with zero attached hydrogens (tertiary/aromatic N) is 3. The maximum atomic E-state index is 5.90. The highest BCUT2D eigenvalue weighted by atomic mass is 16.5. The van der Waals surface area contributed by atoms with E-state index in [2.05, 4.69) is 15.1 Å². The molecule has 0 unspecified atom stereocenters. The van der Waals surface area contributed by atoms with Crippen molar-refractivity contribution < 1.29 is 13.9 Å². The van der Waals surface area contributed by atoms with Gasteiger partial charge >= 0.3 is 0 Å². The van der Waals surface area contributed by atoms with Crippen molar-refractivity contribution in [1.29, 1.82) is 0 Å². The van der Waals surface area contributed by atoms with Crippen LogP contribution in [0.15, 0.2) is 52.9 Å². The number of ether oxygens (including phenoxy) is 2. The van der Waals surface area contributed by atoms with Crippen LogP contribution in [0.3, 0.4) is 0 Å². The van der Waals surface area contributed by atoms with Gasteiger partial charge in [0.05, 0.1) is 20.8 Å². The predicted molar refractivity (Wildman–Crippen MR) is 102 cm³/mol. The van der Waals surface area contributed by atoms with Crippen LogP contribution in [-0.2, 0) is 13.1 Å². The highest BCUT2D eigenvalue weighted by Gasteiger charge is 2.31. The fraction of sp³-hybridized carbons (Fsp3) is 0.333. The molecule has 0 aliphatic heterocycles. The third-order valence-electron chi connectivity index (χ3n) is 4.75. The number of aromatic nitrogens is 2. The molecule has 6 heteroatoms. The highest BCUT2D eigenvalue weighted by Crippen LogP contribution is 2.33. The first-order valence-electron chi connectivity index (χ1n) is 9.09. The Bertz CT molecular complexity index is 891. The zero-order valence-corrected chi connectivity index (χ0v) is 15.6. The molecule has 0 spiro atoms. The summed E-state index contributed by atoms with van der Waals surface area (Å²) in [5.41, 5.74) is 2.02. The lowest BCUT2D eigenvalue weighted by Gasteiger charge is -2.21. The first-order valence-corrected chi connectivity index (χ1v) is 9.09. The molecule has 1 heterocycles. The van der Waals surface area contributed by atoms with Crippen molar-refractivity contribution in [2.45, 2.75) is 32.0 Å². The van der Waals surface area contributed by atoms with Crippen molar-refractivity contribution in [2.24, 2.45) is 0 Å². The maximum absolute atomic E-state index is 5.90. The topological polar surface area (TPSA) is 60.6 Å². The Morgan fingerprint density at radius 3 is 2.52 bits per heavy atom. The fourth-order valence-electron chi connectivity index (χ4n) is 3.17. The Balaban J connectivity index is 1.52. The van der Waals surface area contributed by atoms with Gasteiger partial charge in [-0.2, -0.15) is 0 Å². The summed E-state index contributed by atoms with van der Waals surface area (Å²) in [7, 11) is 3.37. The first-order chi connectivity index (χ1) is 13.3. The monoisotopic (exact) mass is 365 g/mol. The van der Waals surface area contributed by atoms with Gasteiger partial charge in [-0.05, 0) is 43.2 Å². The van der Waals surface area contributed by atoms with E-state index in [1.165, 1.54) is 12.8 Å². The van der Waals surface area contributed by atoms with Gasteiger partial charge in [-0.3, -0.25) is 4.90 Å². The molecule has 0 N–H and O–H groups in total. The van der Waals surface area contributed by atoms with E-state index in [0.29, 0.717) is 24.4 Å². The third kappa shape index (κ3) is 4.11. The summed E-state index contributed by atoms with van der Waals surface area (Å²) in [6.45, 7) is 1.36. The van der Waals surface area contributed by atoms with Crippen LogP contribution >= 0.6 is 0 Å². The van der Waals surface area contributed by atoms with Gasteiger partial charge in [0.25, 0.3) is 0 Å². The number of hydrogen-bond acceptors (Lipinski definition) is 6. The Hall–Kier alpha value is -2.86. The van der Waals surface area contributed by atoms with E-state index >= 15 is 0 Å². The van der Waals surface area contributed by atoms with Crippen LogP contribution in [0.25, 0.3) is 11.5 Å². The molecule has 27 heavy (non-hydrogen) atoms. The van der Waals surface area contributed by atoms with E-state index < -0.39 is 0 Å². The molecule has 0 amide bonds. The minimum Gasteiger partial charge on any atom is -0.497 e. The maximum Gasteiger partial charge on any atom is 0.247 e. The van der Waals surface area contributed by atoms with Crippen molar-refractivity contribution in [3.05, 3.63) is 60.0 Å². The van der Waals surface area contributed by atoms with E-state index in [0.717, 1.165) is 29.2 Å². The second-order valence-corrected chi connectivity index (χ2v) is 6.68. The van der Waals surface area contributed by atoms with E-state index in [4.69, 9.17) is 13.9 Å². The molecule has 1 aliphatic carbocycles. The molecule has 140 valence electrons. The fourth-order valence-corrected chi connectivity index (χ4v) is 3.17. The van der Waals surface area contributed by atoms with Crippen LogP contribution in [0.2, 0.25) is 0 Å². The van der Waals surface area contributed by atoms with Crippen LogP contribution in [0.5, 0.6) is 11.5 Å². The summed E-state index contributed by atoms with van der Waals surface area (Å²) in [5, 5.41) is 8.45. The van der Waals surface area contributed by atoms with Gasteiger partial charge in [-0.1, -0.05) is 18.2 Å². The van der Waals surface area contributed by atoms with Crippen molar-refractivity contribution in [2.75, 3.05) is 14.2 Å². The normalized spacial score (nSPS) is 13.7. The Kier molecular flexibility index (Phi) is 5.07. The summed E-state index contributed by atoms with van der Waals surface area (Å²) in [4.78, 5) is 2.36. The van der Waals surface area contributed by atoms with Gasteiger partial charge in [0.15, 0.2) is 0 Å². The van der Waals surface area contributed by atoms with Crippen LogP contribution in [0.4, 0.5) is 0 Å². The first kappa shape index (κ1) is 17.5. The molecular weight excluding hydrogens is 342 g/mol. The average molecular weight is 365 g/mol. The largest absolute Gasteiger partial charge is 0.497 e. The van der Waals surface area contributed by atoms with Gasteiger partial charge in [0, 0.05) is 23.7 Å². The number of benzene rings is 2. The van der Waals surface area contributed by atoms with Crippen molar-refractivity contribution >= 4 is 0 Å². The molecule has 2 aromatic carbocycles. The second kappa shape index (κ2) is 7.80. The zero-order chi connectivity index (χ0) is 18.6. The minimum absolute atomic E-state index is 0.535. The Labute approximate surface area is 158 Å². The third-order valence-corrected chi connectivity index (χ3v) is 4.75.